The maximum Gasteiger partial charge on any atom is 0.262 e. The van der Waals surface area contributed by atoms with Gasteiger partial charge in [0.1, 0.15) is 5.75 Å². The molecule has 4 rings (SSSR count). The number of aryl methyl sites for hydroxylation is 1. The van der Waals surface area contributed by atoms with E-state index in [1.807, 2.05) is 37.3 Å². The number of ether oxygens (including phenoxy) is 1. The van der Waals surface area contributed by atoms with Gasteiger partial charge in [0.15, 0.2) is 12.4 Å². The number of benzene rings is 4. The van der Waals surface area contributed by atoms with Gasteiger partial charge in [0.2, 0.25) is 10.0 Å². The topological polar surface area (TPSA) is 92.8 Å². The van der Waals surface area contributed by atoms with E-state index in [1.54, 1.807) is 60.7 Å². The predicted molar refractivity (Wildman–Crippen MR) is 154 cm³/mol. The molecule has 0 aliphatic rings. The fourth-order valence-electron chi connectivity index (χ4n) is 3.86. The van der Waals surface area contributed by atoms with Crippen molar-refractivity contribution in [2.75, 3.05) is 22.5 Å². The van der Waals surface area contributed by atoms with Crippen LogP contribution in [0.2, 0.25) is 5.02 Å². The smallest absolute Gasteiger partial charge is 0.262 e. The van der Waals surface area contributed by atoms with E-state index in [-0.39, 0.29) is 24.5 Å². The van der Waals surface area contributed by atoms with E-state index in [0.29, 0.717) is 27.7 Å². The van der Waals surface area contributed by atoms with Gasteiger partial charge in [-0.15, -0.1) is 0 Å². The normalized spacial score (nSPS) is 11.1. The van der Waals surface area contributed by atoms with Crippen molar-refractivity contribution < 1.29 is 22.7 Å². The Labute approximate surface area is 233 Å². The maximum absolute atomic E-state index is 13.0. The zero-order valence-electron chi connectivity index (χ0n) is 21.4. The number of ketones is 1. The van der Waals surface area contributed by atoms with Gasteiger partial charge in [0.05, 0.1) is 24.2 Å². The SMILES string of the molecule is Cc1ccc(CN(c2ccc(OCC(=O)Nc3ccc(Cl)cc3C(=O)c3ccccc3)cc2)S(C)(=O)=O)cc1. The molecule has 4 aromatic carbocycles. The summed E-state index contributed by atoms with van der Waals surface area (Å²) in [7, 11) is -3.54. The molecule has 0 heterocycles. The summed E-state index contributed by atoms with van der Waals surface area (Å²) >= 11 is 6.11. The minimum absolute atomic E-state index is 0.187. The van der Waals surface area contributed by atoms with Crippen molar-refractivity contribution in [3.63, 3.8) is 0 Å². The number of sulfonamides is 1. The van der Waals surface area contributed by atoms with Crippen LogP contribution in [0.4, 0.5) is 11.4 Å². The molecule has 0 atom stereocenters. The first-order chi connectivity index (χ1) is 18.6. The van der Waals surface area contributed by atoms with Crippen molar-refractivity contribution in [1.29, 1.82) is 0 Å². The Morgan fingerprint density at radius 3 is 2.21 bits per heavy atom. The lowest BCUT2D eigenvalue weighted by atomic mass is 10.0. The number of carbonyl (C=O) groups excluding carboxylic acids is 2. The molecule has 0 fully saturated rings. The molecule has 0 spiro atoms. The standard InChI is InChI=1S/C30H27ClN2O5S/c1-21-8-10-22(11-9-21)19-33(39(2,36)37)25-13-15-26(16-14-25)38-20-29(34)32-28-17-12-24(31)18-27(28)30(35)23-6-4-3-5-7-23/h3-18H,19-20H2,1-2H3,(H,32,34). The number of rotatable bonds is 10. The summed E-state index contributed by atoms with van der Waals surface area (Å²) in [6.45, 7) is 1.84. The van der Waals surface area contributed by atoms with Crippen LogP contribution in [0, 0.1) is 6.92 Å². The second-order valence-corrected chi connectivity index (χ2v) is 11.3. The largest absolute Gasteiger partial charge is 0.484 e. The lowest BCUT2D eigenvalue weighted by molar-refractivity contribution is -0.118. The second kappa shape index (κ2) is 12.1. The number of hydrogen-bond acceptors (Lipinski definition) is 5. The molecule has 4 aromatic rings. The van der Waals surface area contributed by atoms with E-state index in [9.17, 15) is 18.0 Å². The van der Waals surface area contributed by atoms with Crippen molar-refractivity contribution in [2.45, 2.75) is 13.5 Å². The number of anilines is 2. The van der Waals surface area contributed by atoms with E-state index in [1.165, 1.54) is 10.4 Å². The number of amides is 1. The fraction of sp³-hybridized carbons (Fsp3) is 0.133. The van der Waals surface area contributed by atoms with Crippen LogP contribution in [0.15, 0.2) is 97.1 Å². The van der Waals surface area contributed by atoms with Crippen LogP contribution in [0.25, 0.3) is 0 Å². The van der Waals surface area contributed by atoms with E-state index in [2.05, 4.69) is 5.32 Å². The molecule has 200 valence electrons. The van der Waals surface area contributed by atoms with Gasteiger partial charge in [-0.05, 0) is 55.0 Å². The Hall–Kier alpha value is -4.14. The number of nitrogens with one attached hydrogen (secondary N) is 1. The van der Waals surface area contributed by atoms with Crippen molar-refractivity contribution in [3.8, 4) is 5.75 Å². The average molecular weight is 563 g/mol. The number of hydrogen-bond donors (Lipinski definition) is 1. The van der Waals surface area contributed by atoms with Gasteiger partial charge in [-0.3, -0.25) is 13.9 Å². The van der Waals surface area contributed by atoms with Crippen LogP contribution in [-0.2, 0) is 21.4 Å². The highest BCUT2D eigenvalue weighted by atomic mass is 35.5. The van der Waals surface area contributed by atoms with E-state index >= 15 is 0 Å². The Balaban J connectivity index is 1.42. The summed E-state index contributed by atoms with van der Waals surface area (Å²) < 4.78 is 31.9. The molecule has 0 radical (unpaired) electrons. The zero-order chi connectivity index (χ0) is 28.0. The van der Waals surface area contributed by atoms with E-state index < -0.39 is 15.9 Å². The Morgan fingerprint density at radius 1 is 0.897 bits per heavy atom. The summed E-state index contributed by atoms with van der Waals surface area (Å²) in [6, 6.07) is 27.5. The molecule has 1 amide bonds. The van der Waals surface area contributed by atoms with Crippen molar-refractivity contribution in [2.24, 2.45) is 0 Å². The summed E-state index contributed by atoms with van der Waals surface area (Å²) in [5, 5.41) is 3.08. The Morgan fingerprint density at radius 2 is 1.56 bits per heavy atom. The van der Waals surface area contributed by atoms with Gasteiger partial charge in [-0.25, -0.2) is 8.42 Å². The van der Waals surface area contributed by atoms with Crippen LogP contribution >= 0.6 is 11.6 Å². The highest BCUT2D eigenvalue weighted by Gasteiger charge is 2.19. The highest BCUT2D eigenvalue weighted by molar-refractivity contribution is 7.92. The molecule has 0 aromatic heterocycles. The molecule has 0 bridgehead atoms. The first-order valence-corrected chi connectivity index (χ1v) is 14.3. The van der Waals surface area contributed by atoms with Gasteiger partial charge >= 0.3 is 0 Å². The third-order valence-corrected chi connectivity index (χ3v) is 7.25. The number of carbonyl (C=O) groups is 2. The molecule has 9 heteroatoms. The highest BCUT2D eigenvalue weighted by Crippen LogP contribution is 2.25. The van der Waals surface area contributed by atoms with Crippen molar-refractivity contribution >= 4 is 44.7 Å². The van der Waals surface area contributed by atoms with Gasteiger partial charge in [0.25, 0.3) is 5.91 Å². The zero-order valence-corrected chi connectivity index (χ0v) is 23.0. The molecule has 0 saturated carbocycles. The molecular formula is C30H27ClN2O5S. The minimum atomic E-state index is -3.54. The van der Waals surface area contributed by atoms with Crippen LogP contribution in [0.3, 0.4) is 0 Å². The molecule has 0 saturated heterocycles. The van der Waals surface area contributed by atoms with E-state index in [4.69, 9.17) is 16.3 Å². The molecular weight excluding hydrogens is 536 g/mol. The molecule has 39 heavy (non-hydrogen) atoms. The summed E-state index contributed by atoms with van der Waals surface area (Å²) in [5.74, 6) is -0.360. The van der Waals surface area contributed by atoms with Crippen molar-refractivity contribution in [1.82, 2.24) is 0 Å². The average Bonchev–Trinajstić information content (AvgIpc) is 2.92. The first kappa shape index (κ1) is 27.9. The first-order valence-electron chi connectivity index (χ1n) is 12.1. The lowest BCUT2D eigenvalue weighted by Gasteiger charge is -2.23. The monoisotopic (exact) mass is 562 g/mol. The van der Waals surface area contributed by atoms with E-state index in [0.717, 1.165) is 17.4 Å². The molecule has 0 aliphatic heterocycles. The van der Waals surface area contributed by atoms with Gasteiger partial charge in [0, 0.05) is 16.1 Å². The third-order valence-electron chi connectivity index (χ3n) is 5.88. The van der Waals surface area contributed by atoms with Gasteiger partial charge < -0.3 is 10.1 Å². The van der Waals surface area contributed by atoms with Crippen LogP contribution in [0.5, 0.6) is 5.75 Å². The summed E-state index contributed by atoms with van der Waals surface area (Å²) in [5.41, 5.74) is 3.47. The summed E-state index contributed by atoms with van der Waals surface area (Å²) in [6.07, 6.45) is 1.16. The number of nitrogens with zero attached hydrogens (tertiary/aromatic N) is 1. The fourth-order valence-corrected chi connectivity index (χ4v) is 4.92. The van der Waals surface area contributed by atoms with Gasteiger partial charge in [-0.2, -0.15) is 0 Å². The number of halogens is 1. The third kappa shape index (κ3) is 7.46. The second-order valence-electron chi connectivity index (χ2n) is 8.97. The van der Waals surface area contributed by atoms with Crippen LogP contribution in [0.1, 0.15) is 27.0 Å². The summed E-state index contributed by atoms with van der Waals surface area (Å²) in [4.78, 5) is 25.6. The van der Waals surface area contributed by atoms with Crippen LogP contribution < -0.4 is 14.4 Å². The molecule has 0 aliphatic carbocycles. The Kier molecular flexibility index (Phi) is 8.69. The molecule has 7 nitrogen and oxygen atoms in total. The quantitative estimate of drug-likeness (QED) is 0.244. The predicted octanol–water partition coefficient (Wildman–Crippen LogP) is 5.86. The lowest BCUT2D eigenvalue weighted by Crippen LogP contribution is -2.29. The molecule has 1 N–H and O–H groups in total. The Bertz CT molecular complexity index is 1570. The van der Waals surface area contributed by atoms with Crippen molar-refractivity contribution in [3.05, 3.63) is 124 Å². The van der Waals surface area contributed by atoms with Crippen LogP contribution in [-0.4, -0.2) is 33.0 Å². The minimum Gasteiger partial charge on any atom is -0.484 e. The maximum atomic E-state index is 13.0. The van der Waals surface area contributed by atoms with Gasteiger partial charge in [-0.1, -0.05) is 71.8 Å². The molecule has 0 unspecified atom stereocenters.